The second-order valence-corrected chi connectivity index (χ2v) is 4.90. The second kappa shape index (κ2) is 7.72. The van der Waals surface area contributed by atoms with E-state index in [4.69, 9.17) is 4.74 Å². The van der Waals surface area contributed by atoms with Crippen molar-refractivity contribution in [1.82, 2.24) is 4.90 Å². The van der Waals surface area contributed by atoms with Crippen LogP contribution in [0.1, 0.15) is 32.6 Å². The minimum atomic E-state index is -0.497. The Morgan fingerprint density at radius 3 is 2.20 bits per heavy atom. The molecule has 0 aromatic carbocycles. The third-order valence-electron chi connectivity index (χ3n) is 3.78. The van der Waals surface area contributed by atoms with Gasteiger partial charge in [-0.25, -0.2) is 9.59 Å². The van der Waals surface area contributed by atoms with Crippen LogP contribution in [0.2, 0.25) is 0 Å². The molecule has 1 aliphatic carbocycles. The number of hydrogen-bond acceptors (Lipinski definition) is 5. The first-order valence-electron chi connectivity index (χ1n) is 6.79. The van der Waals surface area contributed by atoms with Gasteiger partial charge in [0.05, 0.1) is 19.8 Å². The Bertz CT molecular complexity index is 420. The summed E-state index contributed by atoms with van der Waals surface area (Å²) >= 11 is 0. The van der Waals surface area contributed by atoms with Crippen molar-refractivity contribution < 1.29 is 19.1 Å². The van der Waals surface area contributed by atoms with Gasteiger partial charge in [0.1, 0.15) is 0 Å². The molecular weight excluding hydrogens is 258 g/mol. The summed E-state index contributed by atoms with van der Waals surface area (Å²) in [6, 6.07) is 0.446. The highest BCUT2D eigenvalue weighted by atomic mass is 16.5. The van der Waals surface area contributed by atoms with Gasteiger partial charge in [0.25, 0.3) is 0 Å². The fourth-order valence-electron chi connectivity index (χ4n) is 2.42. The molecule has 0 aromatic heterocycles. The standard InChI is InChI=1S/C15H23NO4/c1-11(16(2)12-7-5-6-8-12)13(15(18)20-4)9-10-14(17)19-3/h9-10,12H,5-8H2,1-4H3. The van der Waals surface area contributed by atoms with Crippen molar-refractivity contribution >= 4 is 11.9 Å². The van der Waals surface area contributed by atoms with Gasteiger partial charge in [-0.2, -0.15) is 0 Å². The van der Waals surface area contributed by atoms with Crippen molar-refractivity contribution in [2.75, 3.05) is 21.3 Å². The Kier molecular flexibility index (Phi) is 6.28. The first-order valence-corrected chi connectivity index (χ1v) is 6.79. The van der Waals surface area contributed by atoms with Crippen molar-refractivity contribution in [1.29, 1.82) is 0 Å². The summed E-state index contributed by atoms with van der Waals surface area (Å²) in [6.45, 7) is 1.87. The highest BCUT2D eigenvalue weighted by molar-refractivity contribution is 5.94. The molecule has 0 saturated heterocycles. The zero-order valence-electron chi connectivity index (χ0n) is 12.6. The lowest BCUT2D eigenvalue weighted by Gasteiger charge is -2.28. The zero-order chi connectivity index (χ0) is 15.1. The van der Waals surface area contributed by atoms with Gasteiger partial charge in [-0.05, 0) is 25.8 Å². The van der Waals surface area contributed by atoms with E-state index < -0.39 is 11.9 Å². The molecule has 0 heterocycles. The molecule has 20 heavy (non-hydrogen) atoms. The molecule has 112 valence electrons. The van der Waals surface area contributed by atoms with Gasteiger partial charge in [-0.3, -0.25) is 0 Å². The third kappa shape index (κ3) is 4.11. The van der Waals surface area contributed by atoms with Crippen LogP contribution in [0.25, 0.3) is 0 Å². The summed E-state index contributed by atoms with van der Waals surface area (Å²) in [6.07, 6.45) is 7.38. The van der Waals surface area contributed by atoms with Gasteiger partial charge in [-0.1, -0.05) is 12.8 Å². The minimum Gasteiger partial charge on any atom is -0.466 e. The number of ether oxygens (including phenoxy) is 2. The first-order chi connectivity index (χ1) is 9.51. The molecule has 5 heteroatoms. The van der Waals surface area contributed by atoms with Crippen LogP contribution in [-0.4, -0.2) is 44.1 Å². The predicted octanol–water partition coefficient (Wildman–Crippen LogP) is 2.04. The maximum atomic E-state index is 11.9. The Morgan fingerprint density at radius 1 is 1.10 bits per heavy atom. The molecule has 0 aromatic rings. The predicted molar refractivity (Wildman–Crippen MR) is 75.9 cm³/mol. The number of rotatable bonds is 5. The quantitative estimate of drug-likeness (QED) is 0.438. The number of hydrogen-bond donors (Lipinski definition) is 0. The van der Waals surface area contributed by atoms with Crippen molar-refractivity contribution in [3.05, 3.63) is 23.4 Å². The average molecular weight is 281 g/mol. The average Bonchev–Trinajstić information content (AvgIpc) is 2.99. The fraction of sp³-hybridized carbons (Fsp3) is 0.600. The third-order valence-corrected chi connectivity index (χ3v) is 3.78. The summed E-state index contributed by atoms with van der Waals surface area (Å²) in [5.74, 6) is -0.949. The largest absolute Gasteiger partial charge is 0.466 e. The Hall–Kier alpha value is -1.78. The number of esters is 2. The summed E-state index contributed by atoms with van der Waals surface area (Å²) in [5, 5.41) is 0. The molecule has 0 atom stereocenters. The van der Waals surface area contributed by atoms with Gasteiger partial charge < -0.3 is 14.4 Å². The van der Waals surface area contributed by atoms with Crippen LogP contribution in [0.15, 0.2) is 23.4 Å². The van der Waals surface area contributed by atoms with E-state index in [1.807, 2.05) is 14.0 Å². The van der Waals surface area contributed by atoms with Gasteiger partial charge in [0, 0.05) is 24.9 Å². The van der Waals surface area contributed by atoms with Crippen LogP contribution in [0, 0.1) is 0 Å². The van der Waals surface area contributed by atoms with Crippen LogP contribution in [0.5, 0.6) is 0 Å². The van der Waals surface area contributed by atoms with Crippen molar-refractivity contribution in [2.24, 2.45) is 0 Å². The highest BCUT2D eigenvalue weighted by Gasteiger charge is 2.22. The fourth-order valence-corrected chi connectivity index (χ4v) is 2.42. The van der Waals surface area contributed by atoms with E-state index in [2.05, 4.69) is 9.64 Å². The first kappa shape index (κ1) is 16.3. The maximum Gasteiger partial charge on any atom is 0.339 e. The van der Waals surface area contributed by atoms with Crippen LogP contribution >= 0.6 is 0 Å². The zero-order valence-corrected chi connectivity index (χ0v) is 12.6. The molecule has 0 radical (unpaired) electrons. The van der Waals surface area contributed by atoms with E-state index in [1.165, 1.54) is 39.2 Å². The molecule has 0 N–H and O–H groups in total. The van der Waals surface area contributed by atoms with E-state index in [1.54, 1.807) is 0 Å². The summed E-state index contributed by atoms with van der Waals surface area (Å²) in [7, 11) is 4.60. The van der Waals surface area contributed by atoms with E-state index in [0.29, 0.717) is 11.6 Å². The van der Waals surface area contributed by atoms with Gasteiger partial charge in [-0.15, -0.1) is 0 Å². The summed E-state index contributed by atoms with van der Waals surface area (Å²) in [4.78, 5) is 25.1. The molecule has 1 rings (SSSR count). The number of allylic oxidation sites excluding steroid dienone is 1. The van der Waals surface area contributed by atoms with E-state index in [0.717, 1.165) is 18.5 Å². The lowest BCUT2D eigenvalue weighted by molar-refractivity contribution is -0.135. The summed E-state index contributed by atoms with van der Waals surface area (Å²) < 4.78 is 9.33. The lowest BCUT2D eigenvalue weighted by atomic mass is 10.1. The molecule has 1 fully saturated rings. The Labute approximate surface area is 120 Å². The second-order valence-electron chi connectivity index (χ2n) is 4.90. The number of nitrogens with zero attached hydrogens (tertiary/aromatic N) is 1. The van der Waals surface area contributed by atoms with Gasteiger partial charge >= 0.3 is 11.9 Å². The molecule has 1 aliphatic rings. The van der Waals surface area contributed by atoms with Crippen molar-refractivity contribution in [2.45, 2.75) is 38.6 Å². The topological polar surface area (TPSA) is 55.8 Å². The molecule has 0 aliphatic heterocycles. The van der Waals surface area contributed by atoms with Crippen LogP contribution < -0.4 is 0 Å². The van der Waals surface area contributed by atoms with Crippen molar-refractivity contribution in [3.8, 4) is 0 Å². The number of methoxy groups -OCH3 is 2. The molecule has 1 saturated carbocycles. The highest BCUT2D eigenvalue weighted by Crippen LogP contribution is 2.26. The van der Waals surface area contributed by atoms with E-state index in [-0.39, 0.29) is 0 Å². The normalized spacial score (nSPS) is 17.0. The molecule has 0 amide bonds. The van der Waals surface area contributed by atoms with E-state index >= 15 is 0 Å². The molecule has 0 spiro atoms. The van der Waals surface area contributed by atoms with Crippen LogP contribution in [0.4, 0.5) is 0 Å². The van der Waals surface area contributed by atoms with Crippen LogP contribution in [-0.2, 0) is 19.1 Å². The number of carbonyl (C=O) groups excluding carboxylic acids is 2. The van der Waals surface area contributed by atoms with E-state index in [9.17, 15) is 9.59 Å². The smallest absolute Gasteiger partial charge is 0.339 e. The van der Waals surface area contributed by atoms with Crippen LogP contribution in [0.3, 0.4) is 0 Å². The lowest BCUT2D eigenvalue weighted by Crippen LogP contribution is -2.29. The minimum absolute atomic E-state index is 0.382. The Balaban J connectivity index is 2.99. The summed E-state index contributed by atoms with van der Waals surface area (Å²) in [5.41, 5.74) is 1.19. The molecule has 5 nitrogen and oxygen atoms in total. The Morgan fingerprint density at radius 2 is 1.70 bits per heavy atom. The SMILES string of the molecule is COC(=O)C=CC(C(=O)OC)=C(C)N(C)C1CCCC1. The number of carbonyl (C=O) groups is 2. The monoisotopic (exact) mass is 281 g/mol. The van der Waals surface area contributed by atoms with Crippen molar-refractivity contribution in [3.63, 3.8) is 0 Å². The molecular formula is C15H23NO4. The van der Waals surface area contributed by atoms with Gasteiger partial charge in [0.2, 0.25) is 0 Å². The molecule has 0 bridgehead atoms. The molecule has 0 unspecified atom stereocenters. The maximum absolute atomic E-state index is 11.9. The van der Waals surface area contributed by atoms with Gasteiger partial charge in [0.15, 0.2) is 0 Å².